The zero-order valence-corrected chi connectivity index (χ0v) is 18.5. The second kappa shape index (κ2) is 7.37. The Morgan fingerprint density at radius 3 is 2.41 bits per heavy atom. The highest BCUT2D eigenvalue weighted by Crippen LogP contribution is 2.53. The van der Waals surface area contributed by atoms with E-state index in [9.17, 15) is 44.9 Å². The minimum Gasteiger partial charge on any atom is -0.510 e. The number of anilines is 1. The molecule has 180 valence electrons. The summed E-state index contributed by atoms with van der Waals surface area (Å²) in [5, 5.41) is 55.5. The molecule has 0 fully saturated rings. The lowest BCUT2D eigenvalue weighted by Crippen LogP contribution is -2.63. The van der Waals surface area contributed by atoms with Gasteiger partial charge in [-0.05, 0) is 39.8 Å². The molecule has 3 aliphatic carbocycles. The molecule has 0 radical (unpaired) electrons. The first-order valence-corrected chi connectivity index (χ1v) is 10.4. The smallest absolute Gasteiger partial charge is 0.275 e. The number of aromatic hydroxyl groups is 1. The van der Waals surface area contributed by atoms with E-state index in [-0.39, 0.29) is 18.4 Å². The van der Waals surface area contributed by atoms with Gasteiger partial charge in [-0.15, -0.1) is 0 Å². The van der Waals surface area contributed by atoms with Crippen molar-refractivity contribution in [3.63, 3.8) is 0 Å². The first kappa shape index (κ1) is 23.4. The van der Waals surface area contributed by atoms with Gasteiger partial charge in [0.15, 0.2) is 17.2 Å². The highest BCUT2D eigenvalue weighted by Gasteiger charge is 2.63. The summed E-state index contributed by atoms with van der Waals surface area (Å²) in [7, 11) is 3.08. The fourth-order valence-electron chi connectivity index (χ4n) is 5.58. The van der Waals surface area contributed by atoms with Crippen molar-refractivity contribution >= 4 is 28.7 Å². The number of phenolic OH excluding ortho intramolecular Hbond substituents is 1. The predicted octanol–water partition coefficient (Wildman–Crippen LogP) is 0.715. The molecule has 0 saturated carbocycles. The van der Waals surface area contributed by atoms with Gasteiger partial charge in [0.05, 0.1) is 22.2 Å². The lowest BCUT2D eigenvalue weighted by Gasteiger charge is -2.50. The number of rotatable bonds is 3. The molecule has 4 rings (SSSR count). The summed E-state index contributed by atoms with van der Waals surface area (Å²) in [5.74, 6) is -7.42. The van der Waals surface area contributed by atoms with Crippen LogP contribution in [0.1, 0.15) is 29.3 Å². The average molecular weight is 473 g/mol. The number of carbonyl (C=O) groups is 3. The molecule has 0 spiro atoms. The number of hydrogen-bond acceptors (Lipinski definition) is 11. The van der Waals surface area contributed by atoms with Crippen molar-refractivity contribution in [2.45, 2.75) is 31.4 Å². The van der Waals surface area contributed by atoms with E-state index in [0.717, 1.165) is 13.0 Å². The number of nitrogens with zero attached hydrogens (tertiary/aromatic N) is 2. The van der Waals surface area contributed by atoms with Crippen LogP contribution in [-0.4, -0.2) is 73.3 Å². The van der Waals surface area contributed by atoms with Crippen LogP contribution in [0.15, 0.2) is 28.7 Å². The number of allylic oxidation sites excluding steroid dienone is 1. The van der Waals surface area contributed by atoms with Crippen molar-refractivity contribution in [3.05, 3.63) is 50.0 Å². The molecule has 4 atom stereocenters. The van der Waals surface area contributed by atoms with Gasteiger partial charge in [-0.3, -0.25) is 29.4 Å². The molecule has 1 aromatic carbocycles. The van der Waals surface area contributed by atoms with E-state index in [1.54, 1.807) is 0 Å². The monoisotopic (exact) mass is 473 g/mol. The van der Waals surface area contributed by atoms with Crippen molar-refractivity contribution in [2.75, 3.05) is 19.8 Å². The highest BCUT2D eigenvalue weighted by atomic mass is 16.6. The molecule has 12 nitrogen and oxygen atoms in total. The molecule has 0 aliphatic heterocycles. The molecular weight excluding hydrogens is 450 g/mol. The molecule has 0 saturated heterocycles. The zero-order chi connectivity index (χ0) is 25.4. The summed E-state index contributed by atoms with van der Waals surface area (Å²) < 4.78 is 0. The van der Waals surface area contributed by atoms with Gasteiger partial charge in [-0.25, -0.2) is 0 Å². The molecule has 0 aromatic heterocycles. The number of nitro groups is 1. The highest BCUT2D eigenvalue weighted by molar-refractivity contribution is 6.25. The van der Waals surface area contributed by atoms with Gasteiger partial charge in [-0.1, -0.05) is 0 Å². The van der Waals surface area contributed by atoms with Crippen LogP contribution in [0, 0.1) is 22.0 Å². The van der Waals surface area contributed by atoms with E-state index < -0.39 is 91.1 Å². The normalized spacial score (nSPS) is 28.6. The SMILES string of the molecule is CC(=O)C1=C(O)[C@@H](N(C)C)C2CC3Cc4c([N+](=O)[O-])cc(N)c(O)c4C(=O)C3=C(O)[C@]2(O)C1=O. The maximum absolute atomic E-state index is 13.4. The lowest BCUT2D eigenvalue weighted by molar-refractivity contribution is -0.385. The van der Waals surface area contributed by atoms with Crippen LogP contribution in [0.3, 0.4) is 0 Å². The quantitative estimate of drug-likeness (QED) is 0.136. The summed E-state index contributed by atoms with van der Waals surface area (Å²) in [5.41, 5.74) is 0.405. The van der Waals surface area contributed by atoms with Crippen LogP contribution in [-0.2, 0) is 16.0 Å². The Morgan fingerprint density at radius 2 is 1.88 bits per heavy atom. The van der Waals surface area contributed by atoms with Crippen molar-refractivity contribution in [3.8, 4) is 5.75 Å². The molecule has 3 aliphatic rings. The third-order valence-electron chi connectivity index (χ3n) is 7.03. The van der Waals surface area contributed by atoms with Gasteiger partial charge in [0, 0.05) is 23.1 Å². The van der Waals surface area contributed by atoms with E-state index in [2.05, 4.69) is 0 Å². The Bertz CT molecular complexity index is 1260. The van der Waals surface area contributed by atoms with E-state index in [1.807, 2.05) is 0 Å². The number of aliphatic hydroxyl groups is 3. The van der Waals surface area contributed by atoms with Gasteiger partial charge in [0.2, 0.25) is 5.78 Å². The fraction of sp³-hybridized carbons (Fsp3) is 0.409. The Hall–Kier alpha value is -3.77. The molecular formula is C22H23N3O9. The first-order valence-electron chi connectivity index (χ1n) is 10.4. The zero-order valence-electron chi connectivity index (χ0n) is 18.5. The van der Waals surface area contributed by atoms with Crippen LogP contribution in [0.5, 0.6) is 5.75 Å². The number of Topliss-reactive ketones (excluding diaryl/α,β-unsaturated/α-hetero) is 3. The lowest BCUT2D eigenvalue weighted by atomic mass is 9.58. The Balaban J connectivity index is 2.00. The van der Waals surface area contributed by atoms with Gasteiger partial charge in [0.1, 0.15) is 22.8 Å². The minimum absolute atomic E-state index is 0.0820. The summed E-state index contributed by atoms with van der Waals surface area (Å²) in [6.45, 7) is 1.03. The van der Waals surface area contributed by atoms with E-state index in [4.69, 9.17) is 5.73 Å². The largest absolute Gasteiger partial charge is 0.510 e. The Labute approximate surface area is 192 Å². The number of hydrogen-bond donors (Lipinski definition) is 5. The molecule has 6 N–H and O–H groups in total. The molecule has 1 aromatic rings. The number of ketones is 3. The Morgan fingerprint density at radius 1 is 1.26 bits per heavy atom. The van der Waals surface area contributed by atoms with Gasteiger partial charge in [-0.2, -0.15) is 0 Å². The third-order valence-corrected chi connectivity index (χ3v) is 7.03. The number of fused-ring (bicyclic) bond motifs is 3. The van der Waals surface area contributed by atoms with Gasteiger partial charge in [0.25, 0.3) is 5.69 Å². The van der Waals surface area contributed by atoms with Gasteiger partial charge >= 0.3 is 0 Å². The molecule has 0 bridgehead atoms. The second-order valence-electron chi connectivity index (χ2n) is 9.10. The molecule has 0 amide bonds. The molecule has 0 heterocycles. The van der Waals surface area contributed by atoms with Crippen LogP contribution >= 0.6 is 0 Å². The number of benzene rings is 1. The number of carbonyl (C=O) groups excluding carboxylic acids is 3. The van der Waals surface area contributed by atoms with Crippen LogP contribution in [0.2, 0.25) is 0 Å². The van der Waals surface area contributed by atoms with Crippen molar-refractivity contribution in [2.24, 2.45) is 11.8 Å². The van der Waals surface area contributed by atoms with Crippen molar-refractivity contribution in [1.29, 1.82) is 0 Å². The number of likely N-dealkylation sites (N-methyl/N-ethyl adjacent to an activating group) is 1. The average Bonchev–Trinajstić information content (AvgIpc) is 2.72. The molecule has 12 heteroatoms. The second-order valence-corrected chi connectivity index (χ2v) is 9.10. The van der Waals surface area contributed by atoms with Crippen molar-refractivity contribution in [1.82, 2.24) is 4.90 Å². The van der Waals surface area contributed by atoms with Crippen LogP contribution in [0.25, 0.3) is 0 Å². The summed E-state index contributed by atoms with van der Waals surface area (Å²) in [6.07, 6.45) is -0.303. The number of aliphatic hydroxyl groups excluding tert-OH is 2. The Kier molecular flexibility index (Phi) is 5.07. The van der Waals surface area contributed by atoms with E-state index in [0.29, 0.717) is 0 Å². The first-order chi connectivity index (χ1) is 15.7. The number of nitrogen functional groups attached to an aromatic ring is 1. The summed E-state index contributed by atoms with van der Waals surface area (Å²) in [6, 6.07) is -0.132. The fourth-order valence-corrected chi connectivity index (χ4v) is 5.58. The summed E-state index contributed by atoms with van der Waals surface area (Å²) in [4.78, 5) is 51.1. The molecule has 34 heavy (non-hydrogen) atoms. The van der Waals surface area contributed by atoms with Crippen LogP contribution in [0.4, 0.5) is 11.4 Å². The number of nitrogens with two attached hydrogens (primary N) is 1. The number of nitro benzene ring substituents is 1. The standard InChI is InChI=1S/C22H23N3O9/c1-7(26)13-19(29)16(24(2)3)10-5-8-4-9-12(25(33)34)6-11(23)17(27)15(9)18(28)14(8)21(31)22(10,32)20(13)30/h6,8,10,16,27,29,31-32H,4-5,23H2,1-3H3/t8?,10?,16-,22+/m0/s1. The van der Waals surface area contributed by atoms with Crippen molar-refractivity contribution < 1.29 is 39.7 Å². The number of phenols is 1. The van der Waals surface area contributed by atoms with Gasteiger partial charge < -0.3 is 26.2 Å². The molecule has 2 unspecified atom stereocenters. The maximum atomic E-state index is 13.4. The topological polar surface area (TPSA) is 205 Å². The van der Waals surface area contributed by atoms with E-state index >= 15 is 0 Å². The van der Waals surface area contributed by atoms with Crippen LogP contribution < -0.4 is 5.73 Å². The van der Waals surface area contributed by atoms with E-state index in [1.165, 1.54) is 19.0 Å². The maximum Gasteiger partial charge on any atom is 0.275 e. The summed E-state index contributed by atoms with van der Waals surface area (Å²) >= 11 is 0. The predicted molar refractivity (Wildman–Crippen MR) is 116 cm³/mol. The third kappa shape index (κ3) is 2.82. The minimum atomic E-state index is -2.71.